The van der Waals surface area contributed by atoms with Gasteiger partial charge in [-0.15, -0.1) is 0 Å². The van der Waals surface area contributed by atoms with Gasteiger partial charge in [-0.05, 0) is 56.9 Å². The van der Waals surface area contributed by atoms with Crippen molar-refractivity contribution >= 4 is 15.7 Å². The van der Waals surface area contributed by atoms with E-state index in [4.69, 9.17) is 9.84 Å². The van der Waals surface area contributed by atoms with E-state index in [0.29, 0.717) is 25.3 Å². The molecule has 3 N–H and O–H groups in total. The SMILES string of the molecule is C/C(=C\CC/C(C)=C/COc1ccc(CCNC(=O)/C=C/S(C)(=O)=O)cc1O)CO. The number of aliphatic hydroxyl groups is 1. The van der Waals surface area contributed by atoms with Crippen molar-refractivity contribution in [2.24, 2.45) is 0 Å². The average Bonchev–Trinajstić information content (AvgIpc) is 2.67. The van der Waals surface area contributed by atoms with Crippen LogP contribution in [0.4, 0.5) is 0 Å². The Morgan fingerprint density at radius 1 is 1.20 bits per heavy atom. The summed E-state index contributed by atoms with van der Waals surface area (Å²) in [5.41, 5.74) is 2.92. The molecule has 0 unspecified atom stereocenters. The zero-order chi connectivity index (χ0) is 22.6. The monoisotopic (exact) mass is 437 g/mol. The Morgan fingerprint density at radius 2 is 1.93 bits per heavy atom. The van der Waals surface area contributed by atoms with Crippen LogP contribution in [0.2, 0.25) is 0 Å². The van der Waals surface area contributed by atoms with Crippen LogP contribution in [0.5, 0.6) is 11.5 Å². The predicted octanol–water partition coefficient (Wildman–Crippen LogP) is 2.65. The molecule has 1 amide bonds. The summed E-state index contributed by atoms with van der Waals surface area (Å²) >= 11 is 0. The number of hydrogen-bond acceptors (Lipinski definition) is 6. The summed E-state index contributed by atoms with van der Waals surface area (Å²) in [4.78, 5) is 11.5. The van der Waals surface area contributed by atoms with Gasteiger partial charge in [0, 0.05) is 24.3 Å². The van der Waals surface area contributed by atoms with Crippen molar-refractivity contribution in [1.29, 1.82) is 0 Å². The highest BCUT2D eigenvalue weighted by atomic mass is 32.2. The fraction of sp³-hybridized carbons (Fsp3) is 0.409. The van der Waals surface area contributed by atoms with Gasteiger partial charge in [0.15, 0.2) is 21.3 Å². The van der Waals surface area contributed by atoms with Gasteiger partial charge in [-0.1, -0.05) is 23.3 Å². The maximum absolute atomic E-state index is 11.5. The maximum atomic E-state index is 11.5. The normalized spacial score (nSPS) is 12.9. The van der Waals surface area contributed by atoms with Gasteiger partial charge < -0.3 is 20.3 Å². The number of rotatable bonds is 12. The zero-order valence-corrected chi connectivity index (χ0v) is 18.5. The molecule has 0 fully saturated rings. The molecule has 166 valence electrons. The van der Waals surface area contributed by atoms with Crippen LogP contribution in [0.1, 0.15) is 32.3 Å². The summed E-state index contributed by atoms with van der Waals surface area (Å²) in [7, 11) is -3.33. The number of aliphatic hydroxyl groups excluding tert-OH is 1. The summed E-state index contributed by atoms with van der Waals surface area (Å²) in [6, 6.07) is 5.05. The second-order valence-corrected chi connectivity index (χ2v) is 9.02. The van der Waals surface area contributed by atoms with Crippen molar-refractivity contribution in [3.05, 3.63) is 58.5 Å². The molecule has 0 bridgehead atoms. The van der Waals surface area contributed by atoms with E-state index in [-0.39, 0.29) is 12.4 Å². The first-order valence-electron chi connectivity index (χ1n) is 9.63. The molecule has 1 rings (SSSR count). The second kappa shape index (κ2) is 12.9. The van der Waals surface area contributed by atoms with Crippen molar-refractivity contribution in [3.63, 3.8) is 0 Å². The number of carbonyl (C=O) groups is 1. The molecule has 0 aliphatic heterocycles. The molecule has 0 heterocycles. The molecule has 0 aliphatic rings. The number of phenolic OH excluding ortho intramolecular Hbond substituents is 1. The van der Waals surface area contributed by atoms with Crippen molar-refractivity contribution < 1.29 is 28.2 Å². The van der Waals surface area contributed by atoms with Crippen LogP contribution in [0.3, 0.4) is 0 Å². The number of benzene rings is 1. The van der Waals surface area contributed by atoms with Gasteiger partial charge in [0.2, 0.25) is 5.91 Å². The first-order chi connectivity index (χ1) is 14.1. The number of carbonyl (C=O) groups excluding carboxylic acids is 1. The molecule has 0 aromatic heterocycles. The summed E-state index contributed by atoms with van der Waals surface area (Å²) in [6.07, 6.45) is 8.15. The van der Waals surface area contributed by atoms with Crippen molar-refractivity contribution in [2.75, 3.05) is 26.0 Å². The minimum atomic E-state index is -3.33. The lowest BCUT2D eigenvalue weighted by Crippen LogP contribution is -2.23. The topological polar surface area (TPSA) is 113 Å². The molecular weight excluding hydrogens is 406 g/mol. The number of phenols is 1. The Balaban J connectivity index is 2.45. The number of amides is 1. The highest BCUT2D eigenvalue weighted by Crippen LogP contribution is 2.27. The summed E-state index contributed by atoms with van der Waals surface area (Å²) in [6.45, 7) is 4.61. The molecule has 0 aliphatic carbocycles. The van der Waals surface area contributed by atoms with E-state index < -0.39 is 15.7 Å². The van der Waals surface area contributed by atoms with Gasteiger partial charge in [0.1, 0.15) is 6.61 Å². The fourth-order valence-electron chi connectivity index (χ4n) is 2.40. The van der Waals surface area contributed by atoms with E-state index >= 15 is 0 Å². The minimum Gasteiger partial charge on any atom is -0.504 e. The van der Waals surface area contributed by atoms with E-state index in [0.717, 1.165) is 47.3 Å². The molecule has 0 saturated heterocycles. The molecular formula is C22H31NO6S. The highest BCUT2D eigenvalue weighted by molar-refractivity contribution is 7.93. The Hall–Kier alpha value is -2.58. The average molecular weight is 438 g/mol. The summed E-state index contributed by atoms with van der Waals surface area (Å²) in [5, 5.41) is 22.5. The number of sulfone groups is 1. The number of hydrogen-bond donors (Lipinski definition) is 3. The molecule has 0 saturated carbocycles. The summed E-state index contributed by atoms with van der Waals surface area (Å²) < 4.78 is 27.5. The number of allylic oxidation sites excluding steroid dienone is 2. The zero-order valence-electron chi connectivity index (χ0n) is 17.7. The quantitative estimate of drug-likeness (QED) is 0.342. The van der Waals surface area contributed by atoms with E-state index in [1.807, 2.05) is 26.0 Å². The van der Waals surface area contributed by atoms with Gasteiger partial charge in [-0.3, -0.25) is 4.79 Å². The van der Waals surface area contributed by atoms with Gasteiger partial charge in [-0.2, -0.15) is 0 Å². The van der Waals surface area contributed by atoms with Crippen molar-refractivity contribution in [1.82, 2.24) is 5.32 Å². The number of aromatic hydroxyl groups is 1. The van der Waals surface area contributed by atoms with Crippen LogP contribution in [0.15, 0.2) is 53.0 Å². The van der Waals surface area contributed by atoms with Crippen LogP contribution in [0.25, 0.3) is 0 Å². The molecule has 30 heavy (non-hydrogen) atoms. The second-order valence-electron chi connectivity index (χ2n) is 7.08. The molecule has 0 atom stereocenters. The molecule has 7 nitrogen and oxygen atoms in total. The number of nitrogens with one attached hydrogen (secondary N) is 1. The Labute approximate surface area is 178 Å². The highest BCUT2D eigenvalue weighted by Gasteiger charge is 2.05. The van der Waals surface area contributed by atoms with Crippen LogP contribution in [-0.4, -0.2) is 50.6 Å². The first-order valence-corrected chi connectivity index (χ1v) is 11.6. The Morgan fingerprint density at radius 3 is 2.57 bits per heavy atom. The van der Waals surface area contributed by atoms with Crippen LogP contribution in [-0.2, 0) is 21.1 Å². The standard InChI is InChI=1S/C22H31NO6S/c1-17(5-4-6-18(2)16-24)10-13-29-21-8-7-19(15-20(21)25)9-12-23-22(26)11-14-30(3,27)28/h6-8,10-11,14-15,24-25H,4-5,9,12-13,16H2,1-3H3,(H,23,26)/b14-11+,17-10+,18-6+. The van der Waals surface area contributed by atoms with E-state index in [1.165, 1.54) is 0 Å². The van der Waals surface area contributed by atoms with E-state index in [1.54, 1.807) is 18.2 Å². The number of ether oxygens (including phenoxy) is 1. The predicted molar refractivity (Wildman–Crippen MR) is 118 cm³/mol. The fourth-order valence-corrected chi connectivity index (χ4v) is 2.77. The van der Waals surface area contributed by atoms with Crippen LogP contribution in [0, 0.1) is 0 Å². The van der Waals surface area contributed by atoms with E-state index in [9.17, 15) is 18.3 Å². The third-order valence-corrected chi connectivity index (χ3v) is 4.78. The lowest BCUT2D eigenvalue weighted by molar-refractivity contribution is -0.116. The minimum absolute atomic E-state index is 0.0170. The van der Waals surface area contributed by atoms with E-state index in [2.05, 4.69) is 5.32 Å². The molecule has 0 radical (unpaired) electrons. The molecule has 8 heteroatoms. The van der Waals surface area contributed by atoms with Gasteiger partial charge >= 0.3 is 0 Å². The third kappa shape index (κ3) is 11.4. The third-order valence-electron chi connectivity index (χ3n) is 4.15. The smallest absolute Gasteiger partial charge is 0.244 e. The molecule has 1 aromatic carbocycles. The summed E-state index contributed by atoms with van der Waals surface area (Å²) in [5.74, 6) is -0.101. The van der Waals surface area contributed by atoms with Gasteiger partial charge in [0.05, 0.1) is 6.61 Å². The molecule has 1 aromatic rings. The molecule has 0 spiro atoms. The van der Waals surface area contributed by atoms with Crippen LogP contribution >= 0.6 is 0 Å². The van der Waals surface area contributed by atoms with Gasteiger partial charge in [-0.25, -0.2) is 8.42 Å². The van der Waals surface area contributed by atoms with Crippen molar-refractivity contribution in [2.45, 2.75) is 33.1 Å². The Kier molecular flexibility index (Phi) is 10.9. The maximum Gasteiger partial charge on any atom is 0.244 e. The largest absolute Gasteiger partial charge is 0.504 e. The Bertz CT molecular complexity index is 900. The van der Waals surface area contributed by atoms with Gasteiger partial charge in [0.25, 0.3) is 0 Å². The van der Waals surface area contributed by atoms with Crippen molar-refractivity contribution in [3.8, 4) is 11.5 Å². The first kappa shape index (κ1) is 25.5. The van der Waals surface area contributed by atoms with Crippen LogP contribution < -0.4 is 10.1 Å². The lowest BCUT2D eigenvalue weighted by atomic mass is 10.1. The lowest BCUT2D eigenvalue weighted by Gasteiger charge is -2.09.